The number of carbonyl (C=O) groups is 1. The van der Waals surface area contributed by atoms with E-state index in [1.807, 2.05) is 12.1 Å². The van der Waals surface area contributed by atoms with Gasteiger partial charge in [-0.1, -0.05) is 52.0 Å². The second-order valence-corrected chi connectivity index (χ2v) is 8.62. The number of hydrogen-bond acceptors (Lipinski definition) is 5. The van der Waals surface area contributed by atoms with Gasteiger partial charge in [-0.2, -0.15) is 0 Å². The third-order valence-corrected chi connectivity index (χ3v) is 6.53. The van der Waals surface area contributed by atoms with Crippen LogP contribution in [0.3, 0.4) is 0 Å². The minimum absolute atomic E-state index is 0.0334. The molecule has 0 aliphatic carbocycles. The van der Waals surface area contributed by atoms with Gasteiger partial charge in [0.05, 0.1) is 11.8 Å². The van der Waals surface area contributed by atoms with Crippen LogP contribution in [0.2, 0.25) is 0 Å². The summed E-state index contributed by atoms with van der Waals surface area (Å²) in [6.07, 6.45) is 0.529. The van der Waals surface area contributed by atoms with Gasteiger partial charge in [0.25, 0.3) is 0 Å². The molecule has 0 aromatic heterocycles. The maximum atomic E-state index is 13.1. The fourth-order valence-corrected chi connectivity index (χ4v) is 4.86. The number of carbonyl (C=O) groups excluding carboxylic acids is 1. The molecule has 4 rings (SSSR count). The molecule has 1 fully saturated rings. The minimum Gasteiger partial charge on any atom is -0.454 e. The summed E-state index contributed by atoms with van der Waals surface area (Å²) in [7, 11) is 0. The highest BCUT2D eigenvalue weighted by molar-refractivity contribution is 9.10. The van der Waals surface area contributed by atoms with Crippen molar-refractivity contribution < 1.29 is 18.7 Å². The van der Waals surface area contributed by atoms with Crippen LogP contribution in [0.1, 0.15) is 11.1 Å². The zero-order chi connectivity index (χ0) is 18.3. The van der Waals surface area contributed by atoms with E-state index in [2.05, 4.69) is 15.9 Å². The molecule has 0 bridgehead atoms. The maximum Gasteiger partial charge on any atom is 0.242 e. The van der Waals surface area contributed by atoms with Gasteiger partial charge in [0, 0.05) is 4.47 Å². The summed E-state index contributed by atoms with van der Waals surface area (Å²) in [4.78, 5) is 14.4. The molecule has 2 heterocycles. The fraction of sp³-hybridized carbons (Fsp3) is 0.222. The molecule has 2 aromatic carbocycles. The van der Waals surface area contributed by atoms with Gasteiger partial charge in [-0.05, 0) is 41.8 Å². The molecule has 26 heavy (non-hydrogen) atoms. The molecule has 8 heteroatoms. The van der Waals surface area contributed by atoms with E-state index in [0.29, 0.717) is 28.8 Å². The van der Waals surface area contributed by atoms with Crippen molar-refractivity contribution in [2.45, 2.75) is 18.2 Å². The monoisotopic (exact) mass is 453 g/mol. The van der Waals surface area contributed by atoms with Crippen molar-refractivity contribution in [1.29, 1.82) is 0 Å². The zero-order valence-corrected chi connectivity index (χ0v) is 16.6. The predicted molar refractivity (Wildman–Crippen MR) is 105 cm³/mol. The Labute approximate surface area is 167 Å². The lowest BCUT2D eigenvalue weighted by Gasteiger charge is -2.16. The van der Waals surface area contributed by atoms with Crippen LogP contribution >= 0.6 is 39.9 Å². The van der Waals surface area contributed by atoms with Gasteiger partial charge in [-0.3, -0.25) is 9.69 Å². The summed E-state index contributed by atoms with van der Waals surface area (Å²) in [5.41, 5.74) is 1.80. The lowest BCUT2D eigenvalue weighted by atomic mass is 10.1. The first kappa shape index (κ1) is 17.8. The van der Waals surface area contributed by atoms with Gasteiger partial charge in [0.1, 0.15) is 10.1 Å². The lowest BCUT2D eigenvalue weighted by Crippen LogP contribution is -2.31. The Morgan fingerprint density at radius 2 is 1.92 bits per heavy atom. The van der Waals surface area contributed by atoms with E-state index in [1.165, 1.54) is 23.9 Å². The minimum atomic E-state index is -0.302. The highest BCUT2D eigenvalue weighted by Crippen LogP contribution is 2.39. The highest BCUT2D eigenvalue weighted by Gasteiger charge is 2.37. The van der Waals surface area contributed by atoms with Gasteiger partial charge < -0.3 is 9.47 Å². The molecule has 0 saturated carbocycles. The molecule has 0 spiro atoms. The second-order valence-electron chi connectivity index (χ2n) is 5.92. The van der Waals surface area contributed by atoms with Crippen molar-refractivity contribution in [2.75, 3.05) is 6.79 Å². The van der Waals surface area contributed by atoms with Crippen LogP contribution in [-0.2, 0) is 17.8 Å². The topological polar surface area (TPSA) is 38.8 Å². The Hall–Kier alpha value is -1.64. The number of thiocarbonyl (C=S) groups is 1. The summed E-state index contributed by atoms with van der Waals surface area (Å²) in [6.45, 7) is 0.557. The molecule has 4 nitrogen and oxygen atoms in total. The van der Waals surface area contributed by atoms with Gasteiger partial charge in [0.15, 0.2) is 11.5 Å². The first-order chi connectivity index (χ1) is 12.5. The number of thioether (sulfide) groups is 1. The fourth-order valence-electron chi connectivity index (χ4n) is 2.86. The van der Waals surface area contributed by atoms with Crippen molar-refractivity contribution in [1.82, 2.24) is 4.90 Å². The molecule has 134 valence electrons. The van der Waals surface area contributed by atoms with Crippen molar-refractivity contribution >= 4 is 50.1 Å². The van der Waals surface area contributed by atoms with Crippen LogP contribution in [-0.4, -0.2) is 27.2 Å². The van der Waals surface area contributed by atoms with Crippen LogP contribution in [0.5, 0.6) is 11.5 Å². The molecule has 1 atom stereocenters. The van der Waals surface area contributed by atoms with Crippen molar-refractivity contribution in [3.05, 3.63) is 57.8 Å². The van der Waals surface area contributed by atoms with E-state index in [0.717, 1.165) is 15.6 Å². The Morgan fingerprint density at radius 1 is 1.23 bits per heavy atom. The lowest BCUT2D eigenvalue weighted by molar-refractivity contribution is -0.126. The number of amides is 1. The summed E-state index contributed by atoms with van der Waals surface area (Å²) < 4.78 is 25.2. The molecule has 2 aliphatic rings. The van der Waals surface area contributed by atoms with E-state index in [1.54, 1.807) is 17.0 Å². The standard InChI is InChI=1S/C18H13BrFNO3S2/c19-13-7-15-14(23-9-24-15)5-11(13)6-16-17(22)21(18(25)26-16)8-10-1-3-12(20)4-2-10/h1-5,7,16H,6,8-9H2/t16-/m0/s1. The molecule has 1 amide bonds. The van der Waals surface area contributed by atoms with Crippen LogP contribution < -0.4 is 9.47 Å². The van der Waals surface area contributed by atoms with Gasteiger partial charge in [-0.25, -0.2) is 4.39 Å². The molecule has 1 saturated heterocycles. The number of rotatable bonds is 4. The van der Waals surface area contributed by atoms with Crippen LogP contribution in [0.4, 0.5) is 4.39 Å². The van der Waals surface area contributed by atoms with Gasteiger partial charge in [-0.15, -0.1) is 0 Å². The highest BCUT2D eigenvalue weighted by atomic mass is 79.9. The number of benzene rings is 2. The normalized spacial score (nSPS) is 18.7. The molecule has 2 aliphatic heterocycles. The molecule has 2 aromatic rings. The van der Waals surface area contributed by atoms with Crippen LogP contribution in [0.25, 0.3) is 0 Å². The molecular weight excluding hydrogens is 441 g/mol. The third-order valence-electron chi connectivity index (χ3n) is 4.21. The Kier molecular flexibility index (Phi) is 4.90. The van der Waals surface area contributed by atoms with E-state index >= 15 is 0 Å². The summed E-state index contributed by atoms with van der Waals surface area (Å²) in [5.74, 6) is 1.04. The quantitative estimate of drug-likeness (QED) is 0.645. The number of hydrogen-bond donors (Lipinski definition) is 0. The molecule has 0 radical (unpaired) electrons. The molecule has 0 unspecified atom stereocenters. The summed E-state index contributed by atoms with van der Waals surface area (Å²) >= 11 is 10.3. The largest absolute Gasteiger partial charge is 0.454 e. The Balaban J connectivity index is 1.50. The van der Waals surface area contributed by atoms with E-state index < -0.39 is 0 Å². The second kappa shape index (κ2) is 7.17. The average Bonchev–Trinajstić information content (AvgIpc) is 3.16. The SMILES string of the molecule is O=C1[C@H](Cc2cc3c(cc2Br)OCO3)SC(=S)N1Cc1ccc(F)cc1. The maximum absolute atomic E-state index is 13.1. The number of nitrogens with zero attached hydrogens (tertiary/aromatic N) is 1. The van der Waals surface area contributed by atoms with E-state index in [4.69, 9.17) is 21.7 Å². The van der Waals surface area contributed by atoms with E-state index in [-0.39, 0.29) is 23.8 Å². The summed E-state index contributed by atoms with van der Waals surface area (Å²) in [5, 5.41) is -0.292. The Morgan fingerprint density at radius 3 is 2.65 bits per heavy atom. The predicted octanol–water partition coefficient (Wildman–Crippen LogP) is 4.29. The smallest absolute Gasteiger partial charge is 0.242 e. The first-order valence-corrected chi connectivity index (χ1v) is 9.94. The van der Waals surface area contributed by atoms with Gasteiger partial charge in [0.2, 0.25) is 12.7 Å². The van der Waals surface area contributed by atoms with E-state index in [9.17, 15) is 9.18 Å². The van der Waals surface area contributed by atoms with Crippen LogP contribution in [0.15, 0.2) is 40.9 Å². The van der Waals surface area contributed by atoms with Gasteiger partial charge >= 0.3 is 0 Å². The number of halogens is 2. The summed E-state index contributed by atoms with van der Waals surface area (Å²) in [6, 6.07) is 9.85. The third kappa shape index (κ3) is 3.45. The van der Waals surface area contributed by atoms with Crippen molar-refractivity contribution in [3.8, 4) is 11.5 Å². The van der Waals surface area contributed by atoms with Crippen molar-refractivity contribution in [3.63, 3.8) is 0 Å². The molecular formula is C18H13BrFNO3S2. The zero-order valence-electron chi connectivity index (χ0n) is 13.4. The van der Waals surface area contributed by atoms with Crippen molar-refractivity contribution in [2.24, 2.45) is 0 Å². The average molecular weight is 454 g/mol. The molecule has 0 N–H and O–H groups in total. The Bertz CT molecular complexity index is 891. The number of ether oxygens (including phenoxy) is 2. The first-order valence-electron chi connectivity index (χ1n) is 7.86. The van der Waals surface area contributed by atoms with Crippen LogP contribution in [0, 0.1) is 5.82 Å². The number of fused-ring (bicyclic) bond motifs is 1.